The van der Waals surface area contributed by atoms with Crippen LogP contribution in [0, 0.1) is 16.7 Å². The minimum Gasteiger partial charge on any atom is -0.326 e. The van der Waals surface area contributed by atoms with Gasteiger partial charge >= 0.3 is 6.18 Å². The van der Waals surface area contributed by atoms with E-state index in [1.54, 1.807) is 0 Å². The van der Waals surface area contributed by atoms with Crippen LogP contribution in [0.2, 0.25) is 0 Å². The van der Waals surface area contributed by atoms with Crippen molar-refractivity contribution in [3.63, 3.8) is 0 Å². The van der Waals surface area contributed by atoms with Crippen LogP contribution >= 0.6 is 11.8 Å². The van der Waals surface area contributed by atoms with Crippen molar-refractivity contribution in [2.75, 3.05) is 5.32 Å². The predicted octanol–water partition coefficient (Wildman–Crippen LogP) is 4.82. The number of amides is 2. The molecule has 3 atom stereocenters. The Morgan fingerprint density at radius 2 is 2.03 bits per heavy atom. The van der Waals surface area contributed by atoms with Crippen LogP contribution in [0.15, 0.2) is 34.5 Å². The number of halogens is 3. The van der Waals surface area contributed by atoms with E-state index < -0.39 is 22.9 Å². The Bertz CT molecular complexity index is 1020. The summed E-state index contributed by atoms with van der Waals surface area (Å²) >= 11 is 1.11. The van der Waals surface area contributed by atoms with Gasteiger partial charge in [0.05, 0.1) is 5.56 Å². The largest absolute Gasteiger partial charge is 0.416 e. The van der Waals surface area contributed by atoms with Gasteiger partial charge in [0.25, 0.3) is 0 Å². The van der Waals surface area contributed by atoms with Crippen molar-refractivity contribution < 1.29 is 22.8 Å². The van der Waals surface area contributed by atoms with E-state index in [0.717, 1.165) is 42.4 Å². The van der Waals surface area contributed by atoms with Crippen LogP contribution in [0.5, 0.6) is 0 Å². The molecule has 10 heteroatoms. The molecule has 3 aliphatic rings. The molecule has 1 aromatic carbocycles. The van der Waals surface area contributed by atoms with Crippen molar-refractivity contribution in [1.29, 1.82) is 0 Å². The van der Waals surface area contributed by atoms with Gasteiger partial charge in [-0.25, -0.2) is 0 Å². The summed E-state index contributed by atoms with van der Waals surface area (Å²) in [5.74, 6) is -0.330. The number of alkyl halides is 3. The van der Waals surface area contributed by atoms with Gasteiger partial charge in [-0.2, -0.15) is 18.3 Å². The van der Waals surface area contributed by atoms with Crippen molar-refractivity contribution in [2.24, 2.45) is 27.0 Å². The second-order valence-corrected chi connectivity index (χ2v) is 10.6. The van der Waals surface area contributed by atoms with Gasteiger partial charge in [-0.15, -0.1) is 5.10 Å². The molecule has 4 rings (SSSR count). The Morgan fingerprint density at radius 3 is 2.66 bits per heavy atom. The molecule has 2 amide bonds. The van der Waals surface area contributed by atoms with E-state index in [1.807, 2.05) is 0 Å². The van der Waals surface area contributed by atoms with E-state index in [2.05, 4.69) is 41.6 Å². The molecule has 0 spiro atoms. The van der Waals surface area contributed by atoms with Crippen LogP contribution in [0.1, 0.15) is 52.0 Å². The first-order valence-corrected chi connectivity index (χ1v) is 11.4. The topological polar surface area (TPSA) is 82.9 Å². The van der Waals surface area contributed by atoms with E-state index in [-0.39, 0.29) is 28.8 Å². The smallest absolute Gasteiger partial charge is 0.326 e. The lowest BCUT2D eigenvalue weighted by atomic mass is 9.70. The van der Waals surface area contributed by atoms with Crippen molar-refractivity contribution in [3.05, 3.63) is 29.8 Å². The number of carbonyl (C=O) groups excluding carboxylic acids is 2. The highest BCUT2D eigenvalue weighted by Crippen LogP contribution is 2.64. The van der Waals surface area contributed by atoms with Gasteiger partial charge in [0.2, 0.25) is 11.8 Å². The van der Waals surface area contributed by atoms with Gasteiger partial charge in [-0.3, -0.25) is 9.59 Å². The number of benzene rings is 1. The molecular formula is C22H25F3N4O2S. The second kappa shape index (κ2) is 7.90. The maximum atomic E-state index is 12.8. The third-order valence-electron chi connectivity index (χ3n) is 7.39. The minimum absolute atomic E-state index is 0.000748. The summed E-state index contributed by atoms with van der Waals surface area (Å²) < 4.78 is 38.5. The fourth-order valence-electron chi connectivity index (χ4n) is 4.93. The van der Waals surface area contributed by atoms with E-state index in [1.165, 1.54) is 18.6 Å². The Kier molecular flexibility index (Phi) is 5.63. The fourth-order valence-corrected chi connectivity index (χ4v) is 5.84. The summed E-state index contributed by atoms with van der Waals surface area (Å²) in [5.41, 5.74) is 0.392. The molecule has 1 aromatic rings. The zero-order valence-corrected chi connectivity index (χ0v) is 18.9. The Labute approximate surface area is 188 Å². The lowest BCUT2D eigenvalue weighted by Crippen LogP contribution is -2.32. The number of fused-ring (bicyclic) bond motifs is 2. The third kappa shape index (κ3) is 4.04. The Morgan fingerprint density at radius 1 is 1.28 bits per heavy atom. The summed E-state index contributed by atoms with van der Waals surface area (Å²) in [6, 6.07) is 4.38. The molecule has 0 aromatic heterocycles. The molecule has 3 fully saturated rings. The lowest BCUT2D eigenvalue weighted by Gasteiger charge is -2.34. The van der Waals surface area contributed by atoms with Crippen molar-refractivity contribution in [1.82, 2.24) is 5.32 Å². The quantitative estimate of drug-likeness (QED) is 0.624. The fraction of sp³-hybridized carbons (Fsp3) is 0.545. The summed E-state index contributed by atoms with van der Waals surface area (Å²) in [6.07, 6.45) is -1.52. The van der Waals surface area contributed by atoms with Crippen LogP contribution in [-0.2, 0) is 15.8 Å². The van der Waals surface area contributed by atoms with Gasteiger partial charge < -0.3 is 10.6 Å². The normalized spacial score (nSPS) is 31.4. The number of carbonyl (C=O) groups is 2. The van der Waals surface area contributed by atoms with Gasteiger partial charge in [-0.1, -0.05) is 38.6 Å². The van der Waals surface area contributed by atoms with Crippen LogP contribution < -0.4 is 10.6 Å². The molecule has 32 heavy (non-hydrogen) atoms. The first-order chi connectivity index (χ1) is 14.9. The molecule has 2 aliphatic carbocycles. The number of nitrogens with one attached hydrogen (secondary N) is 2. The number of hydrogen-bond donors (Lipinski definition) is 2. The number of nitrogens with zero attached hydrogens (tertiary/aromatic N) is 2. The van der Waals surface area contributed by atoms with Crippen LogP contribution in [0.3, 0.4) is 0 Å². The minimum atomic E-state index is -4.50. The highest BCUT2D eigenvalue weighted by molar-refractivity contribution is 8.15. The zero-order valence-electron chi connectivity index (χ0n) is 18.0. The number of rotatable bonds is 4. The molecule has 2 N–H and O–H groups in total. The van der Waals surface area contributed by atoms with Crippen LogP contribution in [0.25, 0.3) is 0 Å². The Hall–Kier alpha value is -2.36. The average Bonchev–Trinajstić information content (AvgIpc) is 3.22. The van der Waals surface area contributed by atoms with E-state index in [9.17, 15) is 22.8 Å². The van der Waals surface area contributed by atoms with E-state index in [4.69, 9.17) is 0 Å². The lowest BCUT2D eigenvalue weighted by molar-refractivity contribution is -0.137. The maximum absolute atomic E-state index is 12.8. The van der Waals surface area contributed by atoms with Crippen molar-refractivity contribution >= 4 is 40.1 Å². The average molecular weight is 467 g/mol. The van der Waals surface area contributed by atoms with Gasteiger partial charge in [0.1, 0.15) is 5.25 Å². The molecule has 6 nitrogen and oxygen atoms in total. The summed E-state index contributed by atoms with van der Waals surface area (Å²) in [7, 11) is 0. The molecule has 0 radical (unpaired) electrons. The highest BCUT2D eigenvalue weighted by atomic mass is 32.2. The molecule has 1 heterocycles. The number of anilines is 1. The van der Waals surface area contributed by atoms with Crippen LogP contribution in [0.4, 0.5) is 18.9 Å². The molecule has 1 saturated heterocycles. The monoisotopic (exact) mass is 466 g/mol. The Balaban J connectivity index is 1.38. The molecule has 2 bridgehead atoms. The van der Waals surface area contributed by atoms with Gasteiger partial charge in [0, 0.05) is 23.2 Å². The van der Waals surface area contributed by atoms with Gasteiger partial charge in [-0.05, 0) is 48.8 Å². The van der Waals surface area contributed by atoms with E-state index in [0.29, 0.717) is 11.1 Å². The standard InChI is InChI=1S/C22H25F3N4O2S/c1-20(2)12-7-8-21(20,3)16(10-12)28-29-19-27-18(31)15(32-19)11-17(30)26-14-6-4-5-13(9-14)22(23,24)25/h4-6,9,12,15H,7-8,10-11H2,1-3H3,(H,26,30)(H,27,29,31)/b28-16+/t12-,15-,21+/m1/s1. The molecule has 0 unspecified atom stereocenters. The molecule has 2 saturated carbocycles. The number of amidine groups is 1. The van der Waals surface area contributed by atoms with Crippen LogP contribution in [-0.4, -0.2) is 27.9 Å². The molecule has 172 valence electrons. The van der Waals surface area contributed by atoms with E-state index >= 15 is 0 Å². The summed E-state index contributed by atoms with van der Waals surface area (Å²) in [5, 5.41) is 13.4. The number of hydrogen-bond acceptors (Lipinski definition) is 5. The predicted molar refractivity (Wildman–Crippen MR) is 118 cm³/mol. The number of thioether (sulfide) groups is 1. The first-order valence-electron chi connectivity index (χ1n) is 10.5. The third-order valence-corrected chi connectivity index (χ3v) is 8.47. The maximum Gasteiger partial charge on any atom is 0.416 e. The van der Waals surface area contributed by atoms with Crippen molar-refractivity contribution in [2.45, 2.75) is 57.9 Å². The molecular weight excluding hydrogens is 441 g/mol. The van der Waals surface area contributed by atoms with Gasteiger partial charge in [0.15, 0.2) is 5.17 Å². The summed E-state index contributed by atoms with van der Waals surface area (Å²) in [6.45, 7) is 6.76. The zero-order chi connectivity index (χ0) is 23.3. The highest BCUT2D eigenvalue weighted by Gasteiger charge is 2.60. The summed E-state index contributed by atoms with van der Waals surface area (Å²) in [4.78, 5) is 24.6. The second-order valence-electron chi connectivity index (χ2n) is 9.37. The van der Waals surface area contributed by atoms with Crippen molar-refractivity contribution in [3.8, 4) is 0 Å². The first kappa shape index (κ1) is 22.8. The SMILES string of the molecule is CC1(C)[C@@H]2CC[C@@]1(C)/C(=N/N=C1\NC(=O)[C@@H](CC(=O)Nc3cccc(C(F)(F)F)c3)S1)C2. The molecule has 1 aliphatic heterocycles.